The van der Waals surface area contributed by atoms with Crippen molar-refractivity contribution in [3.63, 3.8) is 0 Å². The lowest BCUT2D eigenvalue weighted by molar-refractivity contribution is -0.0771. The lowest BCUT2D eigenvalue weighted by Gasteiger charge is -2.13. The summed E-state index contributed by atoms with van der Waals surface area (Å²) < 4.78 is 24.2. The van der Waals surface area contributed by atoms with Crippen LogP contribution in [0.3, 0.4) is 0 Å². The van der Waals surface area contributed by atoms with E-state index in [2.05, 4.69) is 0 Å². The summed E-state index contributed by atoms with van der Waals surface area (Å²) in [5.41, 5.74) is 0.702. The molecule has 112 valence electrons. The zero-order chi connectivity index (χ0) is 16.0. The van der Waals surface area contributed by atoms with E-state index in [0.717, 1.165) is 0 Å². The maximum Gasteiger partial charge on any atom is 0.381 e. The van der Waals surface area contributed by atoms with E-state index in [1.54, 1.807) is 36.4 Å². The SMILES string of the molecule is N#CN(OCc1ccccc1)C(=O)S(=O)(=O)c1ccccc1. The molecule has 22 heavy (non-hydrogen) atoms. The van der Waals surface area contributed by atoms with Crippen molar-refractivity contribution in [1.82, 2.24) is 5.06 Å². The standard InChI is InChI=1S/C15H12N2O4S/c16-12-17(21-11-13-7-3-1-4-8-13)15(18)22(19,20)14-9-5-2-6-10-14/h1-10H,11H2. The number of benzene rings is 2. The topological polar surface area (TPSA) is 87.5 Å². The molecule has 7 heteroatoms. The van der Waals surface area contributed by atoms with Crippen LogP contribution < -0.4 is 0 Å². The second-order valence-corrected chi connectivity index (χ2v) is 6.06. The minimum Gasteiger partial charge on any atom is -0.252 e. The molecular weight excluding hydrogens is 304 g/mol. The van der Waals surface area contributed by atoms with Crippen molar-refractivity contribution in [2.75, 3.05) is 0 Å². The van der Waals surface area contributed by atoms with E-state index in [-0.39, 0.29) is 16.6 Å². The van der Waals surface area contributed by atoms with Crippen LogP contribution in [0.4, 0.5) is 4.79 Å². The van der Waals surface area contributed by atoms with E-state index in [9.17, 15) is 13.2 Å². The summed E-state index contributed by atoms with van der Waals surface area (Å²) in [6, 6.07) is 15.9. The summed E-state index contributed by atoms with van der Waals surface area (Å²) in [6.45, 7) is -0.0928. The normalized spacial score (nSPS) is 10.7. The van der Waals surface area contributed by atoms with Gasteiger partial charge in [-0.2, -0.15) is 5.26 Å². The molecule has 2 aromatic carbocycles. The van der Waals surface area contributed by atoms with E-state index in [0.29, 0.717) is 5.56 Å². The predicted octanol–water partition coefficient (Wildman–Crippen LogP) is 2.50. The van der Waals surface area contributed by atoms with Crippen LogP contribution in [-0.2, 0) is 21.3 Å². The monoisotopic (exact) mass is 316 g/mol. The first kappa shape index (κ1) is 15.7. The molecule has 0 fully saturated rings. The van der Waals surface area contributed by atoms with Gasteiger partial charge in [0.15, 0.2) is 0 Å². The van der Waals surface area contributed by atoms with Gasteiger partial charge in [0.2, 0.25) is 6.19 Å². The van der Waals surface area contributed by atoms with Crippen molar-refractivity contribution in [3.05, 3.63) is 66.2 Å². The van der Waals surface area contributed by atoms with Gasteiger partial charge < -0.3 is 0 Å². The van der Waals surface area contributed by atoms with Crippen LogP contribution in [0.5, 0.6) is 0 Å². The molecule has 0 aliphatic heterocycles. The van der Waals surface area contributed by atoms with Crippen molar-refractivity contribution < 1.29 is 18.0 Å². The van der Waals surface area contributed by atoms with E-state index < -0.39 is 15.1 Å². The second kappa shape index (κ2) is 6.85. The number of rotatable bonds is 4. The highest BCUT2D eigenvalue weighted by Crippen LogP contribution is 2.15. The molecule has 6 nitrogen and oxygen atoms in total. The number of carbonyl (C=O) groups is 1. The summed E-state index contributed by atoms with van der Waals surface area (Å²) in [7, 11) is -4.32. The van der Waals surface area contributed by atoms with Gasteiger partial charge in [-0.3, -0.25) is 9.63 Å². The van der Waals surface area contributed by atoms with Crippen LogP contribution in [0.1, 0.15) is 5.56 Å². The maximum absolute atomic E-state index is 12.1. The number of nitriles is 1. The fourth-order valence-corrected chi connectivity index (χ4v) is 2.67. The Hall–Kier alpha value is -2.69. The Labute approximate surface area is 128 Å². The fraction of sp³-hybridized carbons (Fsp3) is 0.0667. The van der Waals surface area contributed by atoms with Gasteiger partial charge in [0.1, 0.15) is 6.61 Å². The van der Waals surface area contributed by atoms with Gasteiger partial charge in [0, 0.05) is 0 Å². The first-order chi connectivity index (χ1) is 10.6. The highest BCUT2D eigenvalue weighted by Gasteiger charge is 2.31. The van der Waals surface area contributed by atoms with Crippen LogP contribution in [0, 0.1) is 11.5 Å². The van der Waals surface area contributed by atoms with Gasteiger partial charge in [-0.15, -0.1) is 5.06 Å². The summed E-state index contributed by atoms with van der Waals surface area (Å²) >= 11 is 0. The molecule has 1 amide bonds. The molecule has 0 saturated carbocycles. The molecule has 0 atom stereocenters. The summed E-state index contributed by atoms with van der Waals surface area (Å²) in [6.07, 6.45) is 1.43. The summed E-state index contributed by atoms with van der Waals surface area (Å²) in [5.74, 6) is 0. The van der Waals surface area contributed by atoms with Gasteiger partial charge >= 0.3 is 5.24 Å². The highest BCUT2D eigenvalue weighted by atomic mass is 32.2. The molecule has 0 saturated heterocycles. The van der Waals surface area contributed by atoms with Crippen LogP contribution in [0.2, 0.25) is 0 Å². The molecule has 2 aromatic rings. The first-order valence-electron chi connectivity index (χ1n) is 6.26. The van der Waals surface area contributed by atoms with E-state index in [1.165, 1.54) is 30.5 Å². The zero-order valence-corrected chi connectivity index (χ0v) is 12.2. The Morgan fingerprint density at radius 3 is 2.14 bits per heavy atom. The summed E-state index contributed by atoms with van der Waals surface area (Å²) in [5, 5.41) is 7.71. The number of hydrogen-bond acceptors (Lipinski definition) is 5. The van der Waals surface area contributed by atoms with Gasteiger partial charge in [0.25, 0.3) is 9.84 Å². The number of carbonyl (C=O) groups excluding carboxylic acids is 1. The quantitative estimate of drug-likeness (QED) is 0.491. The molecule has 0 aliphatic carbocycles. The number of hydroxylamine groups is 2. The smallest absolute Gasteiger partial charge is 0.252 e. The average Bonchev–Trinajstić information content (AvgIpc) is 2.57. The Kier molecular flexibility index (Phi) is 4.88. The van der Waals surface area contributed by atoms with Crippen molar-refractivity contribution in [1.29, 1.82) is 5.26 Å². The zero-order valence-electron chi connectivity index (χ0n) is 11.4. The predicted molar refractivity (Wildman–Crippen MR) is 77.7 cm³/mol. The third-order valence-electron chi connectivity index (χ3n) is 2.74. The van der Waals surface area contributed by atoms with E-state index >= 15 is 0 Å². The highest BCUT2D eigenvalue weighted by molar-refractivity contribution is 8.06. The largest absolute Gasteiger partial charge is 0.381 e. The minimum absolute atomic E-state index is 0.0928. The van der Waals surface area contributed by atoms with Gasteiger partial charge in [0.05, 0.1) is 4.90 Å². The van der Waals surface area contributed by atoms with Crippen LogP contribution in [0.25, 0.3) is 0 Å². The third kappa shape index (κ3) is 3.49. The Balaban J connectivity index is 2.14. The number of sulfone groups is 1. The minimum atomic E-state index is -4.32. The molecule has 0 aromatic heterocycles. The number of hydrogen-bond donors (Lipinski definition) is 0. The van der Waals surface area contributed by atoms with E-state index in [1.807, 2.05) is 0 Å². The van der Waals surface area contributed by atoms with Gasteiger partial charge in [-0.1, -0.05) is 48.5 Å². The molecule has 0 aliphatic rings. The molecule has 0 N–H and O–H groups in total. The molecular formula is C15H12N2O4S. The first-order valence-corrected chi connectivity index (χ1v) is 7.75. The molecule has 0 bridgehead atoms. The molecule has 0 heterocycles. The Morgan fingerprint density at radius 1 is 1.05 bits per heavy atom. The van der Waals surface area contributed by atoms with Crippen LogP contribution in [0.15, 0.2) is 65.6 Å². The van der Waals surface area contributed by atoms with Crippen molar-refractivity contribution in [3.8, 4) is 6.19 Å². The fourth-order valence-electron chi connectivity index (χ4n) is 1.65. The lowest BCUT2D eigenvalue weighted by Crippen LogP contribution is -2.31. The van der Waals surface area contributed by atoms with Crippen molar-refractivity contribution in [2.24, 2.45) is 0 Å². The molecule has 0 spiro atoms. The maximum atomic E-state index is 12.1. The number of nitrogens with zero attached hydrogens (tertiary/aromatic N) is 2. The Morgan fingerprint density at radius 2 is 1.59 bits per heavy atom. The molecule has 0 radical (unpaired) electrons. The van der Waals surface area contributed by atoms with Gasteiger partial charge in [-0.05, 0) is 17.7 Å². The third-order valence-corrected chi connectivity index (χ3v) is 4.26. The number of amides is 1. The van der Waals surface area contributed by atoms with Crippen LogP contribution >= 0.6 is 0 Å². The van der Waals surface area contributed by atoms with E-state index in [4.69, 9.17) is 10.1 Å². The average molecular weight is 316 g/mol. The molecule has 0 unspecified atom stereocenters. The Bertz CT molecular complexity index is 783. The summed E-state index contributed by atoms with van der Waals surface area (Å²) in [4.78, 5) is 16.8. The molecule has 2 rings (SSSR count). The van der Waals surface area contributed by atoms with Gasteiger partial charge in [-0.25, -0.2) is 8.42 Å². The van der Waals surface area contributed by atoms with Crippen molar-refractivity contribution in [2.45, 2.75) is 11.5 Å². The van der Waals surface area contributed by atoms with Crippen LogP contribution in [-0.4, -0.2) is 18.7 Å². The lowest BCUT2D eigenvalue weighted by atomic mass is 10.2. The van der Waals surface area contributed by atoms with Crippen molar-refractivity contribution >= 4 is 15.1 Å². The second-order valence-electron chi connectivity index (χ2n) is 4.24.